The number of ketones is 1. The van der Waals surface area contributed by atoms with Gasteiger partial charge < -0.3 is 0 Å². The molecule has 2 aromatic carbocycles. The molecule has 1 atom stereocenters. The van der Waals surface area contributed by atoms with E-state index in [1.54, 1.807) is 30.3 Å². The summed E-state index contributed by atoms with van der Waals surface area (Å²) in [6.07, 6.45) is -5.28. The van der Waals surface area contributed by atoms with E-state index in [1.807, 2.05) is 0 Å². The van der Waals surface area contributed by atoms with Gasteiger partial charge in [-0.1, -0.05) is 41.6 Å². The van der Waals surface area contributed by atoms with Crippen molar-refractivity contribution in [3.63, 3.8) is 0 Å². The first-order valence-corrected chi connectivity index (χ1v) is 7.16. The summed E-state index contributed by atoms with van der Waals surface area (Å²) in [5.74, 6) is 2.01. The van der Waals surface area contributed by atoms with Crippen LogP contribution in [0.1, 0.15) is 22.3 Å². The number of halogens is 4. The van der Waals surface area contributed by atoms with Crippen molar-refractivity contribution in [2.75, 3.05) is 0 Å². The zero-order chi connectivity index (χ0) is 16.9. The molecule has 0 aliphatic carbocycles. The van der Waals surface area contributed by atoms with Gasteiger partial charge in [-0.2, -0.15) is 13.2 Å². The molecule has 2 aromatic rings. The Balaban J connectivity index is 2.18. The van der Waals surface area contributed by atoms with Crippen LogP contribution < -0.4 is 0 Å². The van der Waals surface area contributed by atoms with E-state index in [-0.39, 0.29) is 5.56 Å². The number of rotatable bonds is 3. The number of hydrogen-bond donors (Lipinski definition) is 0. The Morgan fingerprint density at radius 1 is 1.04 bits per heavy atom. The van der Waals surface area contributed by atoms with E-state index in [4.69, 9.17) is 11.6 Å². The number of alkyl halides is 3. The summed E-state index contributed by atoms with van der Waals surface area (Å²) in [5.41, 5.74) is 0.658. The fourth-order valence-electron chi connectivity index (χ4n) is 1.88. The van der Waals surface area contributed by atoms with Crippen molar-refractivity contribution in [3.8, 4) is 11.8 Å². The SMILES string of the molecule is O=C(C[C@@H](C#Cc1ccccc1)C(F)(F)F)c1ccc(Cl)cc1. The minimum absolute atomic E-state index is 0.185. The molecule has 0 saturated carbocycles. The number of Topliss-reactive ketones (excluding diaryl/α,β-unsaturated/α-hetero) is 1. The Morgan fingerprint density at radius 3 is 2.22 bits per heavy atom. The van der Waals surface area contributed by atoms with Crippen LogP contribution in [-0.2, 0) is 0 Å². The summed E-state index contributed by atoms with van der Waals surface area (Å²) < 4.78 is 39.3. The van der Waals surface area contributed by atoms with E-state index < -0.39 is 24.3 Å². The Kier molecular flexibility index (Phi) is 5.46. The number of hydrogen-bond acceptors (Lipinski definition) is 1. The van der Waals surface area contributed by atoms with Gasteiger partial charge in [0.15, 0.2) is 5.78 Å². The van der Waals surface area contributed by atoms with Gasteiger partial charge in [-0.3, -0.25) is 4.79 Å². The van der Waals surface area contributed by atoms with E-state index in [1.165, 1.54) is 24.3 Å². The largest absolute Gasteiger partial charge is 0.402 e. The molecule has 2 rings (SSSR count). The second kappa shape index (κ2) is 7.34. The van der Waals surface area contributed by atoms with Crippen LogP contribution in [0.15, 0.2) is 54.6 Å². The van der Waals surface area contributed by atoms with Crippen molar-refractivity contribution < 1.29 is 18.0 Å². The lowest BCUT2D eigenvalue weighted by atomic mass is 9.97. The third kappa shape index (κ3) is 5.15. The summed E-state index contributed by atoms with van der Waals surface area (Å²) >= 11 is 5.70. The smallest absolute Gasteiger partial charge is 0.294 e. The number of benzene rings is 2. The first-order valence-electron chi connectivity index (χ1n) is 6.78. The molecule has 0 unspecified atom stereocenters. The van der Waals surface area contributed by atoms with Gasteiger partial charge >= 0.3 is 6.18 Å². The Bertz CT molecular complexity index is 725. The van der Waals surface area contributed by atoms with Crippen molar-refractivity contribution in [1.29, 1.82) is 0 Å². The lowest BCUT2D eigenvalue weighted by molar-refractivity contribution is -0.157. The van der Waals surface area contributed by atoms with Crippen LogP contribution in [0.5, 0.6) is 0 Å². The van der Waals surface area contributed by atoms with Gasteiger partial charge in [-0.15, -0.1) is 0 Å². The zero-order valence-corrected chi connectivity index (χ0v) is 12.7. The molecule has 0 heterocycles. The average molecular weight is 337 g/mol. The summed E-state index contributed by atoms with van der Waals surface area (Å²) in [6.45, 7) is 0. The Hall–Kier alpha value is -2.25. The third-order valence-electron chi connectivity index (χ3n) is 3.12. The molecule has 0 N–H and O–H groups in total. The maximum atomic E-state index is 13.1. The molecule has 118 valence electrons. The summed E-state index contributed by atoms with van der Waals surface area (Å²) in [5, 5.41) is 0.415. The quantitative estimate of drug-likeness (QED) is 0.560. The predicted molar refractivity (Wildman–Crippen MR) is 83.3 cm³/mol. The highest BCUT2D eigenvalue weighted by atomic mass is 35.5. The van der Waals surface area contributed by atoms with Crippen LogP contribution in [-0.4, -0.2) is 12.0 Å². The van der Waals surface area contributed by atoms with Crippen LogP contribution >= 0.6 is 11.6 Å². The third-order valence-corrected chi connectivity index (χ3v) is 3.37. The number of carbonyl (C=O) groups excluding carboxylic acids is 1. The van der Waals surface area contributed by atoms with E-state index in [2.05, 4.69) is 11.8 Å². The molecule has 0 amide bonds. The van der Waals surface area contributed by atoms with E-state index in [0.717, 1.165) is 0 Å². The van der Waals surface area contributed by atoms with Gasteiger partial charge in [0.25, 0.3) is 0 Å². The van der Waals surface area contributed by atoms with Gasteiger partial charge in [-0.25, -0.2) is 0 Å². The monoisotopic (exact) mass is 336 g/mol. The molecule has 0 aliphatic heterocycles. The first kappa shape index (κ1) is 17.1. The molecule has 0 radical (unpaired) electrons. The molecule has 23 heavy (non-hydrogen) atoms. The molecular weight excluding hydrogens is 325 g/mol. The van der Waals surface area contributed by atoms with Gasteiger partial charge in [0, 0.05) is 22.6 Å². The van der Waals surface area contributed by atoms with Crippen molar-refractivity contribution >= 4 is 17.4 Å². The van der Waals surface area contributed by atoms with Gasteiger partial charge in [-0.05, 0) is 36.4 Å². The van der Waals surface area contributed by atoms with Crippen LogP contribution in [0.3, 0.4) is 0 Å². The van der Waals surface area contributed by atoms with E-state index >= 15 is 0 Å². The van der Waals surface area contributed by atoms with E-state index in [0.29, 0.717) is 10.6 Å². The highest BCUT2D eigenvalue weighted by Gasteiger charge is 2.39. The summed E-state index contributed by atoms with van der Waals surface area (Å²) in [4.78, 5) is 12.0. The van der Waals surface area contributed by atoms with Crippen LogP contribution in [0.25, 0.3) is 0 Å². The highest BCUT2D eigenvalue weighted by molar-refractivity contribution is 6.30. The molecule has 0 aromatic heterocycles. The molecule has 5 heteroatoms. The molecule has 0 spiro atoms. The predicted octanol–water partition coefficient (Wildman–Crippen LogP) is 5.14. The molecule has 0 fully saturated rings. The maximum Gasteiger partial charge on any atom is 0.402 e. The standard InChI is InChI=1S/C18H12ClF3O/c19-16-10-7-14(8-11-16)17(23)12-15(18(20,21)22)9-6-13-4-2-1-3-5-13/h1-5,7-8,10-11,15H,12H2/t15-/m1/s1. The van der Waals surface area contributed by atoms with Crippen molar-refractivity contribution in [1.82, 2.24) is 0 Å². The average Bonchev–Trinajstić information content (AvgIpc) is 2.51. The second-order valence-electron chi connectivity index (χ2n) is 4.86. The first-order chi connectivity index (χ1) is 10.9. The fraction of sp³-hybridized carbons (Fsp3) is 0.167. The van der Waals surface area contributed by atoms with Crippen LogP contribution in [0.2, 0.25) is 5.02 Å². The Labute approximate surface area is 137 Å². The second-order valence-corrected chi connectivity index (χ2v) is 5.30. The van der Waals surface area contributed by atoms with Gasteiger partial charge in [0.05, 0.1) is 0 Å². The fourth-order valence-corrected chi connectivity index (χ4v) is 2.01. The lowest BCUT2D eigenvalue weighted by Gasteiger charge is -2.14. The lowest BCUT2D eigenvalue weighted by Crippen LogP contribution is -2.24. The maximum absolute atomic E-state index is 13.1. The number of carbonyl (C=O) groups is 1. The van der Waals surface area contributed by atoms with Crippen molar-refractivity contribution in [2.24, 2.45) is 5.92 Å². The van der Waals surface area contributed by atoms with Crippen LogP contribution in [0, 0.1) is 17.8 Å². The molecule has 0 aliphatic rings. The minimum Gasteiger partial charge on any atom is -0.294 e. The zero-order valence-electron chi connectivity index (χ0n) is 11.9. The molecule has 0 saturated heterocycles. The van der Waals surface area contributed by atoms with Gasteiger partial charge in [0.2, 0.25) is 0 Å². The Morgan fingerprint density at radius 2 is 1.65 bits per heavy atom. The van der Waals surface area contributed by atoms with Crippen molar-refractivity contribution in [2.45, 2.75) is 12.6 Å². The molecule has 1 nitrogen and oxygen atoms in total. The van der Waals surface area contributed by atoms with Gasteiger partial charge in [0.1, 0.15) is 5.92 Å². The topological polar surface area (TPSA) is 17.1 Å². The van der Waals surface area contributed by atoms with Crippen LogP contribution in [0.4, 0.5) is 13.2 Å². The molecule has 0 bridgehead atoms. The normalized spacial score (nSPS) is 12.2. The van der Waals surface area contributed by atoms with E-state index in [9.17, 15) is 18.0 Å². The van der Waals surface area contributed by atoms with Crippen molar-refractivity contribution in [3.05, 3.63) is 70.7 Å². The minimum atomic E-state index is -4.57. The summed E-state index contributed by atoms with van der Waals surface area (Å²) in [7, 11) is 0. The molecular formula is C18H12ClF3O. The highest BCUT2D eigenvalue weighted by Crippen LogP contribution is 2.29. The summed E-state index contributed by atoms with van der Waals surface area (Å²) in [6, 6.07) is 14.1.